The van der Waals surface area contributed by atoms with Crippen LogP contribution in [0.3, 0.4) is 0 Å². The number of benzene rings is 1. The van der Waals surface area contributed by atoms with Gasteiger partial charge in [-0.25, -0.2) is 4.98 Å². The first kappa shape index (κ1) is 13.8. The van der Waals surface area contributed by atoms with E-state index in [0.717, 1.165) is 11.1 Å². The summed E-state index contributed by atoms with van der Waals surface area (Å²) in [4.78, 5) is 14.8. The molecule has 2 atom stereocenters. The molecule has 0 radical (unpaired) electrons. The molecule has 6 nitrogen and oxygen atoms in total. The smallest absolute Gasteiger partial charge is 0.295 e. The number of nitrogens with one attached hydrogen (secondary N) is 1. The molecule has 1 aliphatic carbocycles. The molecule has 0 spiro atoms. The van der Waals surface area contributed by atoms with Gasteiger partial charge < -0.3 is 10.4 Å². The maximum absolute atomic E-state index is 11.1. The summed E-state index contributed by atoms with van der Waals surface area (Å²) in [6, 6.07) is 6.88. The van der Waals surface area contributed by atoms with Gasteiger partial charge in [0.2, 0.25) is 0 Å². The van der Waals surface area contributed by atoms with E-state index in [1.165, 1.54) is 6.07 Å². The van der Waals surface area contributed by atoms with E-state index < -0.39 is 4.92 Å². The summed E-state index contributed by atoms with van der Waals surface area (Å²) in [6.07, 6.45) is 1.92. The van der Waals surface area contributed by atoms with Crippen LogP contribution in [0.4, 0.5) is 11.4 Å². The van der Waals surface area contributed by atoms with Crippen LogP contribution in [0.1, 0.15) is 20.3 Å². The monoisotopic (exact) mass is 287 g/mol. The molecule has 110 valence electrons. The summed E-state index contributed by atoms with van der Waals surface area (Å²) < 4.78 is 0. The van der Waals surface area contributed by atoms with Crippen LogP contribution in [0.25, 0.3) is 10.9 Å². The minimum Gasteiger partial charge on any atom is -0.392 e. The minimum absolute atomic E-state index is 0.00375. The predicted octanol–water partition coefficient (Wildman–Crippen LogP) is 2.71. The highest BCUT2D eigenvalue weighted by molar-refractivity contribution is 5.96. The van der Waals surface area contributed by atoms with E-state index in [1.54, 1.807) is 12.3 Å². The van der Waals surface area contributed by atoms with Gasteiger partial charge in [-0.15, -0.1) is 0 Å². The lowest BCUT2D eigenvalue weighted by Gasteiger charge is -2.50. The normalized spacial score (nSPS) is 23.6. The molecule has 2 aromatic rings. The Bertz CT molecular complexity index is 714. The van der Waals surface area contributed by atoms with E-state index in [1.807, 2.05) is 26.0 Å². The Morgan fingerprint density at radius 1 is 1.43 bits per heavy atom. The number of para-hydroxylation sites is 1. The highest BCUT2D eigenvalue weighted by Crippen LogP contribution is 2.43. The number of aliphatic hydroxyl groups excluding tert-OH is 1. The van der Waals surface area contributed by atoms with E-state index in [-0.39, 0.29) is 23.2 Å². The molecule has 1 saturated carbocycles. The van der Waals surface area contributed by atoms with Crippen molar-refractivity contribution >= 4 is 22.3 Å². The topological polar surface area (TPSA) is 88.3 Å². The summed E-state index contributed by atoms with van der Waals surface area (Å²) in [6.45, 7) is 4.01. The van der Waals surface area contributed by atoms with Crippen molar-refractivity contribution in [1.29, 1.82) is 0 Å². The molecular formula is C15H17N3O3. The molecule has 21 heavy (non-hydrogen) atoms. The van der Waals surface area contributed by atoms with Crippen molar-refractivity contribution in [2.24, 2.45) is 5.41 Å². The van der Waals surface area contributed by atoms with Crippen molar-refractivity contribution in [3.05, 3.63) is 40.6 Å². The lowest BCUT2D eigenvalue weighted by molar-refractivity contribution is -0.383. The Morgan fingerprint density at radius 3 is 2.81 bits per heavy atom. The van der Waals surface area contributed by atoms with E-state index in [4.69, 9.17) is 0 Å². The Hall–Kier alpha value is -2.21. The zero-order chi connectivity index (χ0) is 15.2. The SMILES string of the molecule is CC1(C)C(O)CC1Nc1ccnc2c([N+](=O)[O-])cccc12. The Morgan fingerprint density at radius 2 is 2.19 bits per heavy atom. The fourth-order valence-corrected chi connectivity index (χ4v) is 2.77. The molecule has 0 bridgehead atoms. The van der Waals surface area contributed by atoms with E-state index in [0.29, 0.717) is 11.9 Å². The molecule has 1 fully saturated rings. The Kier molecular flexibility index (Phi) is 3.06. The van der Waals surface area contributed by atoms with Crippen molar-refractivity contribution in [1.82, 2.24) is 4.98 Å². The van der Waals surface area contributed by atoms with Crippen LogP contribution in [0.2, 0.25) is 0 Å². The Balaban J connectivity index is 2.01. The third-order valence-corrected chi connectivity index (χ3v) is 4.49. The zero-order valence-electron chi connectivity index (χ0n) is 11.9. The first-order valence-corrected chi connectivity index (χ1v) is 6.88. The van der Waals surface area contributed by atoms with Crippen LogP contribution in [-0.2, 0) is 0 Å². The maximum Gasteiger partial charge on any atom is 0.295 e. The molecule has 2 unspecified atom stereocenters. The zero-order valence-corrected chi connectivity index (χ0v) is 11.9. The molecule has 3 rings (SSSR count). The van der Waals surface area contributed by atoms with Crippen LogP contribution in [0.15, 0.2) is 30.5 Å². The lowest BCUT2D eigenvalue weighted by atomic mass is 9.64. The maximum atomic E-state index is 11.1. The largest absolute Gasteiger partial charge is 0.392 e. The van der Waals surface area contributed by atoms with E-state index in [9.17, 15) is 15.2 Å². The lowest BCUT2D eigenvalue weighted by Crippen LogP contribution is -2.56. The van der Waals surface area contributed by atoms with Crippen molar-refractivity contribution < 1.29 is 10.0 Å². The summed E-state index contributed by atoms with van der Waals surface area (Å²) in [5, 5.41) is 25.0. The molecule has 2 N–H and O–H groups in total. The summed E-state index contributed by atoms with van der Waals surface area (Å²) >= 11 is 0. The number of hydrogen-bond acceptors (Lipinski definition) is 5. The molecule has 6 heteroatoms. The van der Waals surface area contributed by atoms with Gasteiger partial charge in [-0.05, 0) is 12.5 Å². The van der Waals surface area contributed by atoms with Crippen molar-refractivity contribution in [2.45, 2.75) is 32.4 Å². The van der Waals surface area contributed by atoms with Crippen LogP contribution >= 0.6 is 0 Å². The van der Waals surface area contributed by atoms with Gasteiger partial charge in [0.25, 0.3) is 5.69 Å². The van der Waals surface area contributed by atoms with Gasteiger partial charge >= 0.3 is 0 Å². The number of hydrogen-bond donors (Lipinski definition) is 2. The van der Waals surface area contributed by atoms with Crippen LogP contribution in [0.5, 0.6) is 0 Å². The molecule has 1 aromatic heterocycles. The van der Waals surface area contributed by atoms with Gasteiger partial charge in [-0.2, -0.15) is 0 Å². The molecule has 0 amide bonds. The van der Waals surface area contributed by atoms with Gasteiger partial charge in [0.15, 0.2) is 0 Å². The number of pyridine rings is 1. The number of rotatable bonds is 3. The van der Waals surface area contributed by atoms with E-state index >= 15 is 0 Å². The van der Waals surface area contributed by atoms with Crippen molar-refractivity contribution in [3.8, 4) is 0 Å². The first-order chi connectivity index (χ1) is 9.91. The standard InChI is InChI=1S/C15H17N3O3/c1-15(2)12(8-13(15)19)17-10-6-7-16-14-9(10)4-3-5-11(14)18(20)21/h3-7,12-13,19H,8H2,1-2H3,(H,16,17). The number of nitro groups is 1. The third kappa shape index (κ3) is 2.12. The summed E-state index contributed by atoms with van der Waals surface area (Å²) in [5.41, 5.74) is 0.985. The quantitative estimate of drug-likeness (QED) is 0.669. The number of aliphatic hydroxyl groups is 1. The molecule has 1 aromatic carbocycles. The Labute approximate surface area is 122 Å². The van der Waals surface area contributed by atoms with Crippen molar-refractivity contribution in [3.63, 3.8) is 0 Å². The van der Waals surface area contributed by atoms with Gasteiger partial charge in [0.1, 0.15) is 5.52 Å². The fourth-order valence-electron chi connectivity index (χ4n) is 2.77. The minimum atomic E-state index is -0.420. The van der Waals surface area contributed by atoms with Crippen LogP contribution < -0.4 is 5.32 Å². The van der Waals surface area contributed by atoms with Gasteiger partial charge in [-0.3, -0.25) is 10.1 Å². The average Bonchev–Trinajstić information content (AvgIpc) is 2.46. The second-order valence-electron chi connectivity index (χ2n) is 6.06. The molecule has 1 aliphatic rings. The van der Waals surface area contributed by atoms with Crippen LogP contribution in [-0.4, -0.2) is 27.2 Å². The average molecular weight is 287 g/mol. The second-order valence-corrected chi connectivity index (χ2v) is 6.06. The first-order valence-electron chi connectivity index (χ1n) is 6.88. The third-order valence-electron chi connectivity index (χ3n) is 4.49. The number of nitro benzene ring substituents is 1. The van der Waals surface area contributed by atoms with Crippen molar-refractivity contribution in [2.75, 3.05) is 5.32 Å². The molecular weight excluding hydrogens is 270 g/mol. The fraction of sp³-hybridized carbons (Fsp3) is 0.400. The molecule has 1 heterocycles. The molecule has 0 aliphatic heterocycles. The highest BCUT2D eigenvalue weighted by atomic mass is 16.6. The van der Waals surface area contributed by atoms with Gasteiger partial charge in [0, 0.05) is 34.8 Å². The van der Waals surface area contributed by atoms with Crippen LogP contribution in [0, 0.1) is 15.5 Å². The summed E-state index contributed by atoms with van der Waals surface area (Å²) in [7, 11) is 0. The number of fused-ring (bicyclic) bond motifs is 1. The highest BCUT2D eigenvalue weighted by Gasteiger charge is 2.47. The number of anilines is 1. The predicted molar refractivity (Wildman–Crippen MR) is 80.2 cm³/mol. The second kappa shape index (κ2) is 4.66. The van der Waals surface area contributed by atoms with Gasteiger partial charge in [0.05, 0.1) is 11.0 Å². The number of aromatic nitrogens is 1. The summed E-state index contributed by atoms with van der Waals surface area (Å²) in [5.74, 6) is 0. The van der Waals surface area contributed by atoms with Gasteiger partial charge in [-0.1, -0.05) is 26.0 Å². The van der Waals surface area contributed by atoms with E-state index in [2.05, 4.69) is 10.3 Å². The number of nitrogens with zero attached hydrogens (tertiary/aromatic N) is 2. The number of non-ortho nitro benzene ring substituents is 1. The molecule has 0 saturated heterocycles.